The summed E-state index contributed by atoms with van der Waals surface area (Å²) in [4.78, 5) is 34.2. The average molecular weight is 478 g/mol. The first-order chi connectivity index (χ1) is 17.0. The molecule has 2 fully saturated rings. The molecule has 2 aliphatic heterocycles. The van der Waals surface area contributed by atoms with Gasteiger partial charge in [-0.2, -0.15) is 0 Å². The van der Waals surface area contributed by atoms with E-state index in [1.54, 1.807) is 17.2 Å². The molecule has 5 rings (SSSR count). The van der Waals surface area contributed by atoms with Crippen LogP contribution in [-0.2, 0) is 14.4 Å². The number of hydrogen-bond acceptors (Lipinski definition) is 7. The maximum absolute atomic E-state index is 13.9. The van der Waals surface area contributed by atoms with Crippen molar-refractivity contribution < 1.29 is 33.0 Å². The monoisotopic (exact) mass is 478 g/mol. The molecule has 8 nitrogen and oxygen atoms in total. The molecule has 9 heteroatoms. The predicted octanol–water partition coefficient (Wildman–Crippen LogP) is 3.90. The number of para-hydroxylation sites is 1. The van der Waals surface area contributed by atoms with Crippen LogP contribution in [0.25, 0.3) is 0 Å². The molecule has 2 amide bonds. The largest absolute Gasteiger partial charge is 0.496 e. The lowest BCUT2D eigenvalue weighted by atomic mass is 9.89. The van der Waals surface area contributed by atoms with Crippen molar-refractivity contribution in [3.8, 4) is 17.2 Å². The number of imide groups is 1. The number of halogens is 1. The maximum atomic E-state index is 13.9. The fourth-order valence-corrected chi connectivity index (χ4v) is 4.68. The number of anilines is 2. The quantitative estimate of drug-likeness (QED) is 0.498. The van der Waals surface area contributed by atoms with Crippen LogP contribution in [0.3, 0.4) is 0 Å². The van der Waals surface area contributed by atoms with E-state index in [9.17, 15) is 14.0 Å². The Bertz CT molecular complexity index is 1280. The minimum atomic E-state index is -1.10. The Hall–Kier alpha value is -4.11. The molecule has 0 aliphatic carbocycles. The minimum Gasteiger partial charge on any atom is -0.496 e. The van der Waals surface area contributed by atoms with E-state index in [0.717, 1.165) is 11.0 Å². The lowest BCUT2D eigenvalue weighted by Gasteiger charge is -2.30. The number of amides is 2. The highest BCUT2D eigenvalue weighted by molar-refractivity contribution is 6.24. The van der Waals surface area contributed by atoms with E-state index >= 15 is 0 Å². The third-order valence-corrected chi connectivity index (χ3v) is 6.25. The molecule has 0 unspecified atom stereocenters. The first-order valence-corrected chi connectivity index (χ1v) is 10.9. The predicted molar refractivity (Wildman–Crippen MR) is 125 cm³/mol. The summed E-state index contributed by atoms with van der Waals surface area (Å²) in [5, 5.41) is 1.55. The number of hydrogen-bond donors (Lipinski definition) is 0. The van der Waals surface area contributed by atoms with Gasteiger partial charge < -0.3 is 14.2 Å². The molecule has 0 N–H and O–H groups in total. The van der Waals surface area contributed by atoms with Crippen LogP contribution < -0.4 is 24.2 Å². The second kappa shape index (κ2) is 8.92. The molecule has 2 aliphatic rings. The second-order valence-corrected chi connectivity index (χ2v) is 8.10. The molecule has 0 aromatic heterocycles. The van der Waals surface area contributed by atoms with Crippen LogP contribution >= 0.6 is 0 Å². The molecule has 3 atom stereocenters. The van der Waals surface area contributed by atoms with Gasteiger partial charge in [-0.25, -0.2) is 14.4 Å². The highest BCUT2D eigenvalue weighted by Gasteiger charge is 2.61. The van der Waals surface area contributed by atoms with Crippen LogP contribution in [-0.4, -0.2) is 39.2 Å². The Morgan fingerprint density at radius 2 is 1.43 bits per heavy atom. The van der Waals surface area contributed by atoms with E-state index in [-0.39, 0.29) is 5.69 Å². The highest BCUT2D eigenvalue weighted by Crippen LogP contribution is 2.51. The van der Waals surface area contributed by atoms with E-state index in [1.807, 2.05) is 30.3 Å². The summed E-state index contributed by atoms with van der Waals surface area (Å²) >= 11 is 0. The van der Waals surface area contributed by atoms with Crippen LogP contribution in [0.4, 0.5) is 15.8 Å². The molecule has 2 heterocycles. The van der Waals surface area contributed by atoms with Gasteiger partial charge in [-0.1, -0.05) is 24.3 Å². The number of fused-ring (bicyclic) bond motifs is 1. The number of nitrogens with zero attached hydrogens (tertiary/aromatic N) is 2. The van der Waals surface area contributed by atoms with Crippen LogP contribution in [0, 0.1) is 11.7 Å². The van der Waals surface area contributed by atoms with E-state index in [2.05, 4.69) is 0 Å². The number of ether oxygens (including phenoxy) is 3. The molecule has 35 heavy (non-hydrogen) atoms. The molecule has 0 saturated carbocycles. The number of carbonyl (C=O) groups excluding carboxylic acids is 2. The third-order valence-electron chi connectivity index (χ3n) is 6.25. The van der Waals surface area contributed by atoms with Gasteiger partial charge in [0, 0.05) is 11.6 Å². The molecule has 180 valence electrons. The molecular formula is C26H23FN2O6. The minimum absolute atomic E-state index is 0.155. The maximum Gasteiger partial charge on any atom is 0.266 e. The number of rotatable bonds is 6. The van der Waals surface area contributed by atoms with Gasteiger partial charge >= 0.3 is 0 Å². The van der Waals surface area contributed by atoms with Gasteiger partial charge in [-0.15, -0.1) is 0 Å². The first-order valence-electron chi connectivity index (χ1n) is 10.9. The van der Waals surface area contributed by atoms with Crippen LogP contribution in [0.15, 0.2) is 66.7 Å². The molecule has 0 radical (unpaired) electrons. The first kappa shape index (κ1) is 22.7. The smallest absolute Gasteiger partial charge is 0.266 e. The Labute approximate surface area is 201 Å². The van der Waals surface area contributed by atoms with Gasteiger partial charge in [0.2, 0.25) is 5.91 Å². The van der Waals surface area contributed by atoms with E-state index in [0.29, 0.717) is 28.5 Å². The van der Waals surface area contributed by atoms with Crippen molar-refractivity contribution in [2.24, 2.45) is 5.92 Å². The molecule has 0 spiro atoms. The van der Waals surface area contributed by atoms with Crippen molar-refractivity contribution in [3.05, 3.63) is 78.1 Å². The Balaban J connectivity index is 1.66. The fourth-order valence-electron chi connectivity index (χ4n) is 4.68. The van der Waals surface area contributed by atoms with Crippen molar-refractivity contribution in [3.63, 3.8) is 0 Å². The van der Waals surface area contributed by atoms with Crippen molar-refractivity contribution in [1.82, 2.24) is 0 Å². The van der Waals surface area contributed by atoms with Crippen LogP contribution in [0.1, 0.15) is 11.6 Å². The zero-order chi connectivity index (χ0) is 24.7. The van der Waals surface area contributed by atoms with Crippen LogP contribution in [0.2, 0.25) is 0 Å². The fraction of sp³-hybridized carbons (Fsp3) is 0.231. The van der Waals surface area contributed by atoms with E-state index in [1.165, 1.54) is 39.5 Å². The zero-order valence-corrected chi connectivity index (χ0v) is 19.3. The molecular weight excluding hydrogens is 455 g/mol. The molecule has 3 aromatic rings. The SMILES string of the molecule is COc1cc(OC)c([C@H]2[C@@H]3C(=O)N(c4cccc(F)c4)C(=O)[C@H]3ON2c2ccccc2)cc1OC. The Morgan fingerprint density at radius 1 is 0.771 bits per heavy atom. The summed E-state index contributed by atoms with van der Waals surface area (Å²) in [7, 11) is 4.52. The van der Waals surface area contributed by atoms with E-state index < -0.39 is 35.7 Å². The Kier molecular flexibility index (Phi) is 5.78. The van der Waals surface area contributed by atoms with Gasteiger partial charge in [0.25, 0.3) is 5.91 Å². The van der Waals surface area contributed by atoms with Crippen molar-refractivity contribution in [2.75, 3.05) is 31.3 Å². The lowest BCUT2D eigenvalue weighted by molar-refractivity contribution is -0.126. The van der Waals surface area contributed by atoms with Crippen LogP contribution in [0.5, 0.6) is 17.2 Å². The van der Waals surface area contributed by atoms with Crippen molar-refractivity contribution in [2.45, 2.75) is 12.1 Å². The average Bonchev–Trinajstić information content (AvgIpc) is 3.39. The number of methoxy groups -OCH3 is 3. The van der Waals surface area contributed by atoms with E-state index in [4.69, 9.17) is 19.0 Å². The number of hydroxylamine groups is 1. The number of benzene rings is 3. The Morgan fingerprint density at radius 3 is 2.09 bits per heavy atom. The third kappa shape index (κ3) is 3.64. The number of carbonyl (C=O) groups is 2. The van der Waals surface area contributed by atoms with Gasteiger partial charge in [0.15, 0.2) is 17.6 Å². The summed E-state index contributed by atoms with van der Waals surface area (Å²) in [6.45, 7) is 0. The highest BCUT2D eigenvalue weighted by atomic mass is 19.1. The summed E-state index contributed by atoms with van der Waals surface area (Å²) in [5.74, 6) is -1.21. The second-order valence-electron chi connectivity index (χ2n) is 8.10. The van der Waals surface area contributed by atoms with Gasteiger partial charge in [-0.3, -0.25) is 14.4 Å². The topological polar surface area (TPSA) is 77.5 Å². The zero-order valence-electron chi connectivity index (χ0n) is 19.3. The summed E-state index contributed by atoms with van der Waals surface area (Å²) in [6, 6.07) is 17.2. The summed E-state index contributed by atoms with van der Waals surface area (Å²) in [5.41, 5.74) is 1.38. The summed E-state index contributed by atoms with van der Waals surface area (Å²) < 4.78 is 30.5. The normalized spacial score (nSPS) is 21.3. The standard InChI is InChI=1S/C26H23FN2O6/c1-32-19-14-21(34-3)20(33-2)13-18(19)23-22-24(35-29(23)16-9-5-4-6-10-16)26(31)28(25(22)30)17-11-7-8-15(27)12-17/h4-14,22-24H,1-3H3/t22-,23-,24-/m0/s1. The molecule has 0 bridgehead atoms. The van der Waals surface area contributed by atoms with Gasteiger partial charge in [-0.05, 0) is 36.4 Å². The lowest BCUT2D eigenvalue weighted by Crippen LogP contribution is -2.37. The van der Waals surface area contributed by atoms with Gasteiger partial charge in [0.1, 0.15) is 23.5 Å². The van der Waals surface area contributed by atoms with Gasteiger partial charge in [0.05, 0.1) is 32.7 Å². The van der Waals surface area contributed by atoms with Crippen molar-refractivity contribution >= 4 is 23.2 Å². The molecule has 2 saturated heterocycles. The van der Waals surface area contributed by atoms with Crippen molar-refractivity contribution in [1.29, 1.82) is 0 Å². The summed E-state index contributed by atoms with van der Waals surface area (Å²) in [6.07, 6.45) is -1.10. The molecule has 3 aromatic carbocycles.